The van der Waals surface area contributed by atoms with Crippen LogP contribution in [0.3, 0.4) is 0 Å². The van der Waals surface area contributed by atoms with Gasteiger partial charge in [0.25, 0.3) is 11.8 Å². The van der Waals surface area contributed by atoms with Crippen LogP contribution in [0.25, 0.3) is 6.08 Å². The molecule has 1 heterocycles. The molecule has 0 aliphatic carbocycles. The molecule has 26 heavy (non-hydrogen) atoms. The number of aromatic hydroxyl groups is 1. The molecule has 0 bridgehead atoms. The molecule has 7 nitrogen and oxygen atoms in total. The molecule has 1 fully saturated rings. The topological polar surface area (TPSA) is 95.9 Å². The maximum atomic E-state index is 12.7. The number of nitrogens with zero attached hydrogens (tertiary/aromatic N) is 1. The Morgan fingerprint density at radius 2 is 1.81 bits per heavy atom. The fourth-order valence-electron chi connectivity index (χ4n) is 2.40. The fourth-order valence-corrected chi connectivity index (χ4v) is 2.59. The Labute approximate surface area is 153 Å². The maximum Gasteiger partial charge on any atom is 0.335 e. The summed E-state index contributed by atoms with van der Waals surface area (Å²) in [6, 6.07) is 9.63. The molecule has 0 unspecified atom stereocenters. The van der Waals surface area contributed by atoms with Gasteiger partial charge >= 0.3 is 6.03 Å². The summed E-state index contributed by atoms with van der Waals surface area (Å²) in [5.74, 6) is -1.14. The predicted octanol–water partition coefficient (Wildman–Crippen LogP) is 2.72. The second-order valence-corrected chi connectivity index (χ2v) is 5.77. The zero-order valence-electron chi connectivity index (χ0n) is 13.5. The summed E-state index contributed by atoms with van der Waals surface area (Å²) < 4.78 is 5.05. The van der Waals surface area contributed by atoms with Crippen molar-refractivity contribution < 1.29 is 24.2 Å². The first-order valence-corrected chi connectivity index (χ1v) is 7.82. The van der Waals surface area contributed by atoms with Crippen LogP contribution in [0.4, 0.5) is 10.5 Å². The highest BCUT2D eigenvalue weighted by molar-refractivity contribution is 6.39. The maximum absolute atomic E-state index is 12.7. The molecule has 2 aromatic rings. The van der Waals surface area contributed by atoms with Gasteiger partial charge in [0.1, 0.15) is 17.1 Å². The van der Waals surface area contributed by atoms with E-state index in [0.717, 1.165) is 4.90 Å². The number of imide groups is 2. The first-order valence-electron chi connectivity index (χ1n) is 7.44. The van der Waals surface area contributed by atoms with E-state index in [9.17, 15) is 19.5 Å². The number of ether oxygens (including phenoxy) is 1. The number of rotatable bonds is 3. The van der Waals surface area contributed by atoms with Crippen molar-refractivity contribution >= 4 is 41.2 Å². The summed E-state index contributed by atoms with van der Waals surface area (Å²) in [4.78, 5) is 37.8. The molecular weight excluding hydrogens is 360 g/mol. The third kappa shape index (κ3) is 3.25. The molecule has 1 saturated heterocycles. The van der Waals surface area contributed by atoms with Crippen LogP contribution >= 0.6 is 11.6 Å². The van der Waals surface area contributed by atoms with Crippen LogP contribution < -0.4 is 15.0 Å². The lowest BCUT2D eigenvalue weighted by atomic mass is 10.1. The summed E-state index contributed by atoms with van der Waals surface area (Å²) in [6.45, 7) is 0. The van der Waals surface area contributed by atoms with E-state index < -0.39 is 17.8 Å². The Kier molecular flexibility index (Phi) is 4.64. The highest BCUT2D eigenvalue weighted by Gasteiger charge is 2.36. The molecule has 1 aliphatic heterocycles. The molecule has 0 atom stereocenters. The normalized spacial score (nSPS) is 16.0. The van der Waals surface area contributed by atoms with Crippen LogP contribution in [-0.4, -0.2) is 30.1 Å². The number of nitrogens with one attached hydrogen (secondary N) is 1. The van der Waals surface area contributed by atoms with E-state index >= 15 is 0 Å². The van der Waals surface area contributed by atoms with E-state index in [0.29, 0.717) is 11.3 Å². The quantitative estimate of drug-likeness (QED) is 0.638. The molecule has 4 amide bonds. The number of anilines is 1. The van der Waals surface area contributed by atoms with Gasteiger partial charge in [-0.2, -0.15) is 0 Å². The van der Waals surface area contributed by atoms with Crippen LogP contribution in [0.15, 0.2) is 48.0 Å². The molecule has 1 aliphatic rings. The zero-order chi connectivity index (χ0) is 18.8. The Hall–Kier alpha value is -3.32. The highest BCUT2D eigenvalue weighted by atomic mass is 35.5. The number of phenols is 1. The number of barbiturate groups is 1. The van der Waals surface area contributed by atoms with Gasteiger partial charge in [-0.3, -0.25) is 14.9 Å². The number of methoxy groups -OCH3 is 1. The Morgan fingerprint density at radius 3 is 2.42 bits per heavy atom. The number of urea groups is 1. The largest absolute Gasteiger partial charge is 0.506 e. The van der Waals surface area contributed by atoms with Gasteiger partial charge in [0.05, 0.1) is 17.8 Å². The number of amides is 4. The molecule has 132 valence electrons. The van der Waals surface area contributed by atoms with Gasteiger partial charge in [0.2, 0.25) is 0 Å². The van der Waals surface area contributed by atoms with Crippen LogP contribution in [0, 0.1) is 0 Å². The lowest BCUT2D eigenvalue weighted by molar-refractivity contribution is -0.122. The molecule has 3 rings (SSSR count). The smallest absolute Gasteiger partial charge is 0.335 e. The van der Waals surface area contributed by atoms with Crippen LogP contribution in [0.5, 0.6) is 11.5 Å². The molecule has 0 radical (unpaired) electrons. The summed E-state index contributed by atoms with van der Waals surface area (Å²) in [6.07, 6.45) is 1.30. The van der Waals surface area contributed by atoms with Crippen molar-refractivity contribution in [3.05, 3.63) is 58.6 Å². The third-order valence-electron chi connectivity index (χ3n) is 3.72. The summed E-state index contributed by atoms with van der Waals surface area (Å²) in [5, 5.41) is 11.7. The van der Waals surface area contributed by atoms with Gasteiger partial charge in [-0.15, -0.1) is 0 Å². The number of carbonyl (C=O) groups is 3. The van der Waals surface area contributed by atoms with E-state index in [1.165, 1.54) is 43.5 Å². The van der Waals surface area contributed by atoms with Gasteiger partial charge in [0.15, 0.2) is 0 Å². The lowest BCUT2D eigenvalue weighted by Crippen LogP contribution is -2.54. The highest BCUT2D eigenvalue weighted by Crippen LogP contribution is 2.27. The second kappa shape index (κ2) is 6.89. The average molecular weight is 373 g/mol. The van der Waals surface area contributed by atoms with Gasteiger partial charge < -0.3 is 9.84 Å². The lowest BCUT2D eigenvalue weighted by Gasteiger charge is -2.26. The van der Waals surface area contributed by atoms with E-state index in [2.05, 4.69) is 5.32 Å². The zero-order valence-corrected chi connectivity index (χ0v) is 14.3. The van der Waals surface area contributed by atoms with Crippen LogP contribution in [0.2, 0.25) is 5.02 Å². The summed E-state index contributed by atoms with van der Waals surface area (Å²) in [5.41, 5.74) is 0.480. The Balaban J connectivity index is 1.99. The van der Waals surface area contributed by atoms with E-state index in [1.807, 2.05) is 0 Å². The van der Waals surface area contributed by atoms with Crippen molar-refractivity contribution in [2.24, 2.45) is 0 Å². The average Bonchev–Trinajstić information content (AvgIpc) is 2.62. The second-order valence-electron chi connectivity index (χ2n) is 5.37. The third-order valence-corrected chi connectivity index (χ3v) is 4.02. The number of benzene rings is 2. The summed E-state index contributed by atoms with van der Waals surface area (Å²) >= 11 is 5.84. The van der Waals surface area contributed by atoms with Crippen LogP contribution in [-0.2, 0) is 9.59 Å². The minimum Gasteiger partial charge on any atom is -0.506 e. The Bertz CT molecular complexity index is 937. The molecular formula is C18H13ClN2O5. The number of halogens is 1. The standard InChI is InChI=1S/C18H13ClN2O5/c1-26-12-5-3-11(4-6-12)21-17(24)13(16(23)20-18(21)25)8-10-2-7-15(22)14(19)9-10/h2-9,22H,1H3,(H,20,23,25)/b13-8-. The number of hydrogen-bond acceptors (Lipinski definition) is 5. The van der Waals surface area contributed by atoms with Gasteiger partial charge in [0, 0.05) is 0 Å². The monoisotopic (exact) mass is 372 g/mol. The van der Waals surface area contributed by atoms with Crippen LogP contribution in [0.1, 0.15) is 5.56 Å². The van der Waals surface area contributed by atoms with Gasteiger partial charge in [-0.1, -0.05) is 17.7 Å². The molecule has 2 aromatic carbocycles. The minimum absolute atomic E-state index is 0.0751. The van der Waals surface area contributed by atoms with Crippen molar-refractivity contribution in [2.45, 2.75) is 0 Å². The van der Waals surface area contributed by atoms with Crippen molar-refractivity contribution in [3.8, 4) is 11.5 Å². The first-order chi connectivity index (χ1) is 12.4. The number of hydrogen-bond donors (Lipinski definition) is 2. The molecule has 8 heteroatoms. The molecule has 0 spiro atoms. The molecule has 0 aromatic heterocycles. The summed E-state index contributed by atoms with van der Waals surface area (Å²) in [7, 11) is 1.50. The molecule has 2 N–H and O–H groups in total. The van der Waals surface area contributed by atoms with Crippen molar-refractivity contribution in [2.75, 3.05) is 12.0 Å². The minimum atomic E-state index is -0.842. The van der Waals surface area contributed by atoms with E-state index in [-0.39, 0.29) is 22.0 Å². The Morgan fingerprint density at radius 1 is 1.12 bits per heavy atom. The van der Waals surface area contributed by atoms with E-state index in [4.69, 9.17) is 16.3 Å². The van der Waals surface area contributed by atoms with Gasteiger partial charge in [-0.25, -0.2) is 9.69 Å². The van der Waals surface area contributed by atoms with Gasteiger partial charge in [-0.05, 0) is 48.0 Å². The predicted molar refractivity (Wildman–Crippen MR) is 95.1 cm³/mol. The van der Waals surface area contributed by atoms with Crippen molar-refractivity contribution in [1.82, 2.24) is 5.32 Å². The number of carbonyl (C=O) groups excluding carboxylic acids is 3. The van der Waals surface area contributed by atoms with Crippen molar-refractivity contribution in [1.29, 1.82) is 0 Å². The van der Waals surface area contributed by atoms with Crippen molar-refractivity contribution in [3.63, 3.8) is 0 Å². The molecule has 0 saturated carbocycles. The van der Waals surface area contributed by atoms with E-state index in [1.54, 1.807) is 12.1 Å². The first kappa shape index (κ1) is 17.5. The fraction of sp³-hybridized carbons (Fsp3) is 0.0556. The number of phenolic OH excluding ortho intramolecular Hbond substituents is 1. The SMILES string of the molecule is COc1ccc(N2C(=O)NC(=O)/C(=C/c3ccc(O)c(Cl)c3)C2=O)cc1.